The van der Waals surface area contributed by atoms with Crippen LogP contribution in [0.1, 0.15) is 52.9 Å². The van der Waals surface area contributed by atoms with Crippen LogP contribution in [-0.4, -0.2) is 10.7 Å². The molecule has 0 bridgehead atoms. The van der Waals surface area contributed by atoms with E-state index in [0.717, 1.165) is 37.1 Å². The van der Waals surface area contributed by atoms with Gasteiger partial charge in [-0.3, -0.25) is 0 Å². The highest BCUT2D eigenvalue weighted by Gasteiger charge is 2.54. The molecule has 0 aliphatic heterocycles. The highest BCUT2D eigenvalue weighted by Crippen LogP contribution is 2.58. The topological polar surface area (TPSA) is 20.2 Å². The Morgan fingerprint density at radius 3 is 2.59 bits per heavy atom. The minimum absolute atomic E-state index is 0.0983. The van der Waals surface area contributed by atoms with Gasteiger partial charge in [0.2, 0.25) is 0 Å². The molecule has 96 valence electrons. The molecule has 1 N–H and O–H groups in total. The molecule has 1 nitrogen and oxygen atoms in total. The Hall–Kier alpha value is -0.270. The average molecular weight is 255 g/mol. The Balaban J connectivity index is 2.42. The predicted molar refractivity (Wildman–Crippen MR) is 73.0 cm³/mol. The van der Waals surface area contributed by atoms with Crippen LogP contribution in [0.4, 0.5) is 0 Å². The number of allylic oxidation sites excluding steroid dienone is 3. The van der Waals surface area contributed by atoms with Crippen LogP contribution >= 0.6 is 11.6 Å². The zero-order chi connectivity index (χ0) is 12.8. The zero-order valence-electron chi connectivity index (χ0n) is 11.1. The van der Waals surface area contributed by atoms with E-state index in [2.05, 4.69) is 20.4 Å². The van der Waals surface area contributed by atoms with Crippen molar-refractivity contribution in [3.8, 4) is 0 Å². The maximum Gasteiger partial charge on any atom is 0.0688 e. The first kappa shape index (κ1) is 13.2. The molecule has 0 aromatic rings. The first-order valence-electron chi connectivity index (χ1n) is 6.54. The van der Waals surface area contributed by atoms with Crippen LogP contribution in [0.3, 0.4) is 0 Å². The van der Waals surface area contributed by atoms with Gasteiger partial charge in [0.1, 0.15) is 0 Å². The number of rotatable bonds is 0. The van der Waals surface area contributed by atoms with Gasteiger partial charge < -0.3 is 5.11 Å². The minimum Gasteiger partial charge on any atom is -0.390 e. The van der Waals surface area contributed by atoms with E-state index < -0.39 is 5.60 Å². The molecule has 0 heterocycles. The summed E-state index contributed by atoms with van der Waals surface area (Å²) in [7, 11) is 0. The van der Waals surface area contributed by atoms with Crippen molar-refractivity contribution in [3.05, 3.63) is 22.8 Å². The summed E-state index contributed by atoms with van der Waals surface area (Å²) in [6, 6.07) is 0. The Kier molecular flexibility index (Phi) is 3.20. The van der Waals surface area contributed by atoms with Crippen molar-refractivity contribution in [2.75, 3.05) is 0 Å². The Bertz CT molecular complexity index is 380. The van der Waals surface area contributed by atoms with Crippen molar-refractivity contribution in [1.82, 2.24) is 0 Å². The number of aliphatic hydroxyl groups is 1. The van der Waals surface area contributed by atoms with Gasteiger partial charge in [0, 0.05) is 10.4 Å². The van der Waals surface area contributed by atoms with Crippen LogP contribution < -0.4 is 0 Å². The van der Waals surface area contributed by atoms with Gasteiger partial charge in [-0.2, -0.15) is 0 Å². The van der Waals surface area contributed by atoms with Crippen LogP contribution in [0.5, 0.6) is 0 Å². The molecule has 1 saturated carbocycles. The van der Waals surface area contributed by atoms with Crippen LogP contribution in [0.15, 0.2) is 22.8 Å². The lowest BCUT2D eigenvalue weighted by atomic mass is 9.52. The molecule has 2 rings (SSSR count). The molecule has 1 spiro atoms. The summed E-state index contributed by atoms with van der Waals surface area (Å²) < 4.78 is 0. The van der Waals surface area contributed by atoms with Crippen molar-refractivity contribution in [2.24, 2.45) is 11.3 Å². The van der Waals surface area contributed by atoms with Gasteiger partial charge in [0.15, 0.2) is 0 Å². The smallest absolute Gasteiger partial charge is 0.0688 e. The first-order valence-corrected chi connectivity index (χ1v) is 6.92. The molecule has 2 aliphatic rings. The molecule has 0 amide bonds. The third kappa shape index (κ3) is 1.88. The van der Waals surface area contributed by atoms with Crippen LogP contribution in [0.25, 0.3) is 0 Å². The van der Waals surface area contributed by atoms with E-state index in [4.69, 9.17) is 11.6 Å². The van der Waals surface area contributed by atoms with Crippen molar-refractivity contribution in [2.45, 2.75) is 58.5 Å². The van der Waals surface area contributed by atoms with E-state index >= 15 is 0 Å². The molecule has 17 heavy (non-hydrogen) atoms. The number of halogens is 1. The van der Waals surface area contributed by atoms with Gasteiger partial charge in [-0.05, 0) is 51.9 Å². The van der Waals surface area contributed by atoms with Gasteiger partial charge in [-0.15, -0.1) is 0 Å². The van der Waals surface area contributed by atoms with Gasteiger partial charge >= 0.3 is 0 Å². The standard InChI is InChI=1S/C15H23ClO/c1-10-5-7-14(4,17)15(12(10)3)8-6-11(2)13(16)9-15/h12,17H,1,5-9H2,2-4H3/t12-,14-,15-/m0/s1. The van der Waals surface area contributed by atoms with Gasteiger partial charge in [0.05, 0.1) is 5.60 Å². The molecular weight excluding hydrogens is 232 g/mol. The van der Waals surface area contributed by atoms with E-state index in [9.17, 15) is 5.11 Å². The monoisotopic (exact) mass is 254 g/mol. The third-order valence-electron chi connectivity index (χ3n) is 5.33. The lowest BCUT2D eigenvalue weighted by molar-refractivity contribution is -0.119. The van der Waals surface area contributed by atoms with Crippen LogP contribution in [0, 0.1) is 11.3 Å². The summed E-state index contributed by atoms with van der Waals surface area (Å²) in [6.07, 6.45) is 4.61. The Morgan fingerprint density at radius 1 is 1.35 bits per heavy atom. The molecule has 0 aromatic heterocycles. The Morgan fingerprint density at radius 2 is 2.00 bits per heavy atom. The summed E-state index contributed by atoms with van der Waals surface area (Å²) in [5.41, 5.74) is 1.85. The fourth-order valence-electron chi connectivity index (χ4n) is 3.62. The van der Waals surface area contributed by atoms with Gasteiger partial charge in [0.25, 0.3) is 0 Å². The fourth-order valence-corrected chi connectivity index (χ4v) is 3.95. The quantitative estimate of drug-likeness (QED) is 0.635. The second-order valence-corrected chi connectivity index (χ2v) is 6.63. The van der Waals surface area contributed by atoms with E-state index in [1.165, 1.54) is 11.1 Å². The van der Waals surface area contributed by atoms with E-state index in [-0.39, 0.29) is 5.41 Å². The maximum atomic E-state index is 10.8. The van der Waals surface area contributed by atoms with Crippen molar-refractivity contribution in [3.63, 3.8) is 0 Å². The van der Waals surface area contributed by atoms with Crippen LogP contribution in [0.2, 0.25) is 0 Å². The molecular formula is C15H23ClO. The zero-order valence-corrected chi connectivity index (χ0v) is 11.9. The van der Waals surface area contributed by atoms with Gasteiger partial charge in [-0.1, -0.05) is 36.2 Å². The van der Waals surface area contributed by atoms with Crippen molar-refractivity contribution < 1.29 is 5.11 Å². The predicted octanol–water partition coefficient (Wildman–Crippen LogP) is 4.41. The SMILES string of the molecule is C=C1CC[C@](C)(O)[C@]2(CCC(C)=C(Cl)C2)[C@H]1C. The van der Waals surface area contributed by atoms with E-state index in [1.54, 1.807) is 0 Å². The van der Waals surface area contributed by atoms with Crippen molar-refractivity contribution in [1.29, 1.82) is 0 Å². The molecule has 0 radical (unpaired) electrons. The first-order chi connectivity index (χ1) is 7.80. The highest BCUT2D eigenvalue weighted by molar-refractivity contribution is 6.30. The lowest BCUT2D eigenvalue weighted by Gasteiger charge is -2.55. The molecule has 3 atom stereocenters. The van der Waals surface area contributed by atoms with Gasteiger partial charge in [-0.25, -0.2) is 0 Å². The van der Waals surface area contributed by atoms with E-state index in [1.807, 2.05) is 6.92 Å². The summed E-state index contributed by atoms with van der Waals surface area (Å²) in [5.74, 6) is 0.355. The third-order valence-corrected chi connectivity index (χ3v) is 5.78. The largest absolute Gasteiger partial charge is 0.390 e. The highest BCUT2D eigenvalue weighted by atomic mass is 35.5. The molecule has 1 fully saturated rings. The minimum atomic E-state index is -0.617. The molecule has 0 aromatic carbocycles. The molecule has 0 unspecified atom stereocenters. The second-order valence-electron chi connectivity index (χ2n) is 6.17. The average Bonchev–Trinajstić information content (AvgIpc) is 2.27. The summed E-state index contributed by atoms with van der Waals surface area (Å²) in [5, 5.41) is 11.8. The Labute approximate surface area is 110 Å². The van der Waals surface area contributed by atoms with E-state index in [0.29, 0.717) is 5.92 Å². The normalized spacial score (nSPS) is 43.4. The number of hydrogen-bond acceptors (Lipinski definition) is 1. The molecule has 2 aliphatic carbocycles. The molecule has 0 saturated heterocycles. The molecule has 2 heteroatoms. The van der Waals surface area contributed by atoms with Crippen LogP contribution in [-0.2, 0) is 0 Å². The fraction of sp³-hybridized carbons (Fsp3) is 0.733. The summed E-state index contributed by atoms with van der Waals surface area (Å²) in [4.78, 5) is 0. The summed E-state index contributed by atoms with van der Waals surface area (Å²) >= 11 is 6.37. The maximum absolute atomic E-state index is 10.8. The van der Waals surface area contributed by atoms with Crippen molar-refractivity contribution >= 4 is 11.6 Å². The summed E-state index contributed by atoms with van der Waals surface area (Å²) in [6.45, 7) is 10.5. The lowest BCUT2D eigenvalue weighted by Crippen LogP contribution is -2.54. The second kappa shape index (κ2) is 4.13. The number of hydrogen-bond donors (Lipinski definition) is 1.